The lowest BCUT2D eigenvalue weighted by molar-refractivity contribution is -0.144. The average Bonchev–Trinajstić information content (AvgIpc) is 2.98. The van der Waals surface area contributed by atoms with Crippen molar-refractivity contribution in [3.05, 3.63) is 63.9 Å². The molecule has 8 heteroatoms. The van der Waals surface area contributed by atoms with E-state index < -0.39 is 18.4 Å². The number of fused-ring (bicyclic) bond motifs is 1. The molecule has 0 saturated heterocycles. The molecule has 1 aliphatic rings. The van der Waals surface area contributed by atoms with E-state index in [0.29, 0.717) is 5.82 Å². The number of nitrogens with zero attached hydrogens (tertiary/aromatic N) is 3. The lowest BCUT2D eigenvalue weighted by Gasteiger charge is -2.19. The highest BCUT2D eigenvalue weighted by Crippen LogP contribution is 2.40. The monoisotopic (exact) mass is 485 g/mol. The van der Waals surface area contributed by atoms with Gasteiger partial charge in [0.25, 0.3) is 0 Å². The van der Waals surface area contributed by atoms with Crippen molar-refractivity contribution in [3.8, 4) is 6.07 Å². The van der Waals surface area contributed by atoms with Crippen LogP contribution in [0.2, 0.25) is 0 Å². The number of aryl methyl sites for hydroxylation is 1. The van der Waals surface area contributed by atoms with E-state index in [1.54, 1.807) is 23.9 Å². The average molecular weight is 486 g/mol. The van der Waals surface area contributed by atoms with Gasteiger partial charge < -0.3 is 14.5 Å². The number of benzene rings is 2. The Balaban J connectivity index is 1.64. The molecule has 0 unspecified atom stereocenters. The molecule has 30 heavy (non-hydrogen) atoms. The molecule has 0 aliphatic carbocycles. The maximum Gasteiger partial charge on any atom is 0.316 e. The molecule has 154 valence electrons. The predicted octanol–water partition coefficient (Wildman–Crippen LogP) is 4.28. The first-order chi connectivity index (χ1) is 14.3. The first-order valence-electron chi connectivity index (χ1n) is 9.12. The van der Waals surface area contributed by atoms with Crippen LogP contribution in [0.15, 0.2) is 63.2 Å². The van der Waals surface area contributed by atoms with Crippen LogP contribution in [0.3, 0.4) is 0 Å². The van der Waals surface area contributed by atoms with Gasteiger partial charge in [0, 0.05) is 23.5 Å². The summed E-state index contributed by atoms with van der Waals surface area (Å²) < 4.78 is 6.11. The molecule has 0 fully saturated rings. The largest absolute Gasteiger partial charge is 0.457 e. The van der Waals surface area contributed by atoms with E-state index in [9.17, 15) is 14.9 Å². The number of ether oxygens (including phenoxy) is 1. The van der Waals surface area contributed by atoms with Gasteiger partial charge in [0.05, 0.1) is 17.1 Å². The molecule has 6 nitrogen and oxygen atoms in total. The molecule has 2 aromatic carbocycles. The Labute approximate surface area is 188 Å². The number of anilines is 2. The molecule has 0 atom stereocenters. The number of nitriles is 1. The molecule has 1 aliphatic heterocycles. The van der Waals surface area contributed by atoms with Gasteiger partial charge in [0.15, 0.2) is 6.61 Å². The highest BCUT2D eigenvalue weighted by molar-refractivity contribution is 9.10. The van der Waals surface area contributed by atoms with Crippen molar-refractivity contribution >= 4 is 50.8 Å². The van der Waals surface area contributed by atoms with Crippen LogP contribution in [0.4, 0.5) is 11.4 Å². The van der Waals surface area contributed by atoms with Crippen LogP contribution in [0, 0.1) is 18.3 Å². The Hall–Kier alpha value is -2.76. The molecule has 3 rings (SSSR count). The second kappa shape index (κ2) is 9.37. The third kappa shape index (κ3) is 4.53. The molecule has 0 radical (unpaired) electrons. The van der Waals surface area contributed by atoms with E-state index in [-0.39, 0.29) is 11.3 Å². The Morgan fingerprint density at radius 2 is 1.77 bits per heavy atom. The van der Waals surface area contributed by atoms with E-state index in [1.807, 2.05) is 55.5 Å². The Morgan fingerprint density at radius 1 is 1.13 bits per heavy atom. The van der Waals surface area contributed by atoms with Crippen molar-refractivity contribution in [2.45, 2.75) is 11.8 Å². The molecule has 0 saturated carbocycles. The fourth-order valence-corrected chi connectivity index (χ4v) is 4.51. The van der Waals surface area contributed by atoms with Crippen molar-refractivity contribution in [3.63, 3.8) is 0 Å². The first kappa shape index (κ1) is 21.9. The van der Waals surface area contributed by atoms with Gasteiger partial charge in [-0.2, -0.15) is 5.26 Å². The van der Waals surface area contributed by atoms with Gasteiger partial charge in [0.1, 0.15) is 17.5 Å². The zero-order valence-electron chi connectivity index (χ0n) is 16.8. The van der Waals surface area contributed by atoms with Crippen molar-refractivity contribution in [1.82, 2.24) is 0 Å². The van der Waals surface area contributed by atoms with E-state index in [2.05, 4.69) is 15.9 Å². The Bertz CT molecular complexity index is 1050. The summed E-state index contributed by atoms with van der Waals surface area (Å²) in [6, 6.07) is 15.4. The molecule has 0 aromatic heterocycles. The maximum absolute atomic E-state index is 12.7. The highest BCUT2D eigenvalue weighted by Gasteiger charge is 2.31. The normalized spacial score (nSPS) is 12.4. The zero-order chi connectivity index (χ0) is 21.8. The Kier molecular flexibility index (Phi) is 6.85. The smallest absolute Gasteiger partial charge is 0.316 e. The van der Waals surface area contributed by atoms with Crippen molar-refractivity contribution in [1.29, 1.82) is 5.26 Å². The third-order valence-electron chi connectivity index (χ3n) is 4.70. The number of ketones is 1. The number of esters is 1. The maximum atomic E-state index is 12.7. The summed E-state index contributed by atoms with van der Waals surface area (Å²) in [6.45, 7) is 1.49. The van der Waals surface area contributed by atoms with Gasteiger partial charge in [0.2, 0.25) is 5.78 Å². The topological polar surface area (TPSA) is 73.6 Å². The molecule has 2 aromatic rings. The summed E-state index contributed by atoms with van der Waals surface area (Å²) in [7, 11) is 3.59. The summed E-state index contributed by atoms with van der Waals surface area (Å²) in [4.78, 5) is 29.3. The van der Waals surface area contributed by atoms with Crippen molar-refractivity contribution < 1.29 is 14.3 Å². The number of thioether (sulfide) groups is 1. The minimum Gasteiger partial charge on any atom is -0.457 e. The minimum absolute atomic E-state index is 0.0413. The van der Waals surface area contributed by atoms with Gasteiger partial charge in [-0.3, -0.25) is 9.59 Å². The van der Waals surface area contributed by atoms with Crippen LogP contribution in [-0.2, 0) is 14.3 Å². The fraction of sp³-hybridized carbons (Fsp3) is 0.227. The number of hydrogen-bond acceptors (Lipinski definition) is 7. The second-order valence-corrected chi connectivity index (χ2v) is 8.63. The van der Waals surface area contributed by atoms with Gasteiger partial charge in [-0.15, -0.1) is 11.8 Å². The molecule has 0 spiro atoms. The van der Waals surface area contributed by atoms with Crippen molar-refractivity contribution in [2.24, 2.45) is 0 Å². The summed E-state index contributed by atoms with van der Waals surface area (Å²) in [6.07, 6.45) is 0. The van der Waals surface area contributed by atoms with Crippen LogP contribution in [-0.4, -0.2) is 38.2 Å². The van der Waals surface area contributed by atoms with Gasteiger partial charge >= 0.3 is 5.97 Å². The summed E-state index contributed by atoms with van der Waals surface area (Å²) in [5.41, 5.74) is 2.80. The molecule has 0 amide bonds. The predicted molar refractivity (Wildman–Crippen MR) is 121 cm³/mol. The molecular weight excluding hydrogens is 466 g/mol. The SMILES string of the molecule is Cc1cc(Br)ccc1SCC(=O)OCC(=O)C(C#N)=C1N(C)c2ccccc2N1C. The standard InChI is InChI=1S/C22H20BrN3O3S/c1-14-10-15(23)8-9-20(14)30-13-21(28)29-12-19(27)16(11-24)22-25(2)17-6-4-5-7-18(17)26(22)3/h4-10H,12-13H2,1-3H3. The summed E-state index contributed by atoms with van der Waals surface area (Å²) in [5, 5.41) is 9.61. The van der Waals surface area contributed by atoms with E-state index in [1.165, 1.54) is 11.8 Å². The quantitative estimate of drug-likeness (QED) is 0.261. The molecule has 0 N–H and O–H groups in total. The van der Waals surface area contributed by atoms with Gasteiger partial charge in [-0.1, -0.05) is 28.1 Å². The number of para-hydroxylation sites is 2. The third-order valence-corrected chi connectivity index (χ3v) is 6.34. The lowest BCUT2D eigenvalue weighted by atomic mass is 10.2. The van der Waals surface area contributed by atoms with Crippen LogP contribution >= 0.6 is 27.7 Å². The van der Waals surface area contributed by atoms with E-state index >= 15 is 0 Å². The number of Topliss-reactive ketones (excluding diaryl/α,β-unsaturated/α-hetero) is 1. The van der Waals surface area contributed by atoms with Crippen LogP contribution in [0.1, 0.15) is 5.56 Å². The lowest BCUT2D eigenvalue weighted by Crippen LogP contribution is -2.28. The number of carbonyl (C=O) groups is 2. The zero-order valence-corrected chi connectivity index (χ0v) is 19.2. The summed E-state index contributed by atoms with van der Waals surface area (Å²) >= 11 is 4.75. The molecular formula is C22H20BrN3O3S. The van der Waals surface area contributed by atoms with Gasteiger partial charge in [-0.05, 0) is 42.8 Å². The first-order valence-corrected chi connectivity index (χ1v) is 10.9. The number of carbonyl (C=O) groups excluding carboxylic acids is 2. The second-order valence-electron chi connectivity index (χ2n) is 6.70. The van der Waals surface area contributed by atoms with Gasteiger partial charge in [-0.25, -0.2) is 0 Å². The molecule has 1 heterocycles. The van der Waals surface area contributed by atoms with Crippen LogP contribution in [0.5, 0.6) is 0 Å². The minimum atomic E-state index is -0.530. The van der Waals surface area contributed by atoms with Crippen molar-refractivity contribution in [2.75, 3.05) is 36.3 Å². The number of rotatable bonds is 6. The number of hydrogen-bond donors (Lipinski definition) is 0. The van der Waals surface area contributed by atoms with Crippen LogP contribution < -0.4 is 9.80 Å². The van der Waals surface area contributed by atoms with E-state index in [4.69, 9.17) is 4.74 Å². The van der Waals surface area contributed by atoms with E-state index in [0.717, 1.165) is 26.3 Å². The summed E-state index contributed by atoms with van der Waals surface area (Å²) in [5.74, 6) is -0.481. The fourth-order valence-electron chi connectivity index (χ4n) is 3.23. The highest BCUT2D eigenvalue weighted by atomic mass is 79.9. The Morgan fingerprint density at radius 3 is 2.33 bits per heavy atom. The van der Waals surface area contributed by atoms with Crippen LogP contribution in [0.25, 0.3) is 0 Å². The molecule has 0 bridgehead atoms. The number of halogens is 1.